The standard InChI is InChI=1S/C13H18O/c1-13(2,3)11-8-9-6-4-5-7-10(9)12(11)14/h4-7,11-12,14H,8H2,1-3H3/t11-,12-/m1/s1. The third kappa shape index (κ3) is 1.46. The Bertz CT molecular complexity index is 335. The summed E-state index contributed by atoms with van der Waals surface area (Å²) in [5.74, 6) is 0.361. The van der Waals surface area contributed by atoms with Crippen molar-refractivity contribution < 1.29 is 5.11 Å². The molecule has 1 aliphatic carbocycles. The van der Waals surface area contributed by atoms with Crippen LogP contribution >= 0.6 is 0 Å². The van der Waals surface area contributed by atoms with Gasteiger partial charge in [0, 0.05) is 0 Å². The smallest absolute Gasteiger partial charge is 0.0829 e. The lowest BCUT2D eigenvalue weighted by molar-refractivity contribution is 0.0566. The van der Waals surface area contributed by atoms with Gasteiger partial charge >= 0.3 is 0 Å². The zero-order valence-corrected chi connectivity index (χ0v) is 9.12. The van der Waals surface area contributed by atoms with Crippen LogP contribution in [0.3, 0.4) is 0 Å². The number of aliphatic hydroxyl groups excluding tert-OH is 1. The number of fused-ring (bicyclic) bond motifs is 1. The third-order valence-corrected chi connectivity index (χ3v) is 3.31. The van der Waals surface area contributed by atoms with Gasteiger partial charge in [0.05, 0.1) is 6.10 Å². The van der Waals surface area contributed by atoms with Crippen LogP contribution in [0, 0.1) is 11.3 Å². The molecule has 1 aromatic rings. The lowest BCUT2D eigenvalue weighted by Crippen LogP contribution is -2.24. The summed E-state index contributed by atoms with van der Waals surface area (Å²) >= 11 is 0. The molecule has 0 amide bonds. The molecule has 2 rings (SSSR count). The summed E-state index contributed by atoms with van der Waals surface area (Å²) in [7, 11) is 0. The SMILES string of the molecule is CC(C)(C)[C@@H]1Cc2ccccc2[C@H]1O. The molecule has 1 heteroatoms. The van der Waals surface area contributed by atoms with E-state index in [4.69, 9.17) is 0 Å². The van der Waals surface area contributed by atoms with Crippen LogP contribution in [0.15, 0.2) is 24.3 Å². The van der Waals surface area contributed by atoms with Crippen LogP contribution in [0.2, 0.25) is 0 Å². The molecule has 0 bridgehead atoms. The van der Waals surface area contributed by atoms with Gasteiger partial charge in [-0.05, 0) is 28.9 Å². The maximum Gasteiger partial charge on any atom is 0.0829 e. The first-order chi connectivity index (χ1) is 6.50. The van der Waals surface area contributed by atoms with Gasteiger partial charge in [-0.1, -0.05) is 45.0 Å². The van der Waals surface area contributed by atoms with E-state index in [1.54, 1.807) is 0 Å². The van der Waals surface area contributed by atoms with Crippen molar-refractivity contribution in [1.29, 1.82) is 0 Å². The molecule has 0 spiro atoms. The minimum Gasteiger partial charge on any atom is -0.388 e. The fourth-order valence-corrected chi connectivity index (χ4v) is 2.35. The van der Waals surface area contributed by atoms with E-state index in [1.807, 2.05) is 12.1 Å². The second-order valence-corrected chi connectivity index (χ2v) is 5.32. The second kappa shape index (κ2) is 3.09. The number of hydrogen-bond donors (Lipinski definition) is 1. The molecule has 0 heterocycles. The van der Waals surface area contributed by atoms with Gasteiger partial charge in [-0.15, -0.1) is 0 Å². The van der Waals surface area contributed by atoms with E-state index < -0.39 is 0 Å². The first-order valence-electron chi connectivity index (χ1n) is 5.26. The number of rotatable bonds is 0. The Morgan fingerprint density at radius 3 is 2.43 bits per heavy atom. The molecule has 2 atom stereocenters. The fraction of sp³-hybridized carbons (Fsp3) is 0.538. The van der Waals surface area contributed by atoms with Crippen molar-refractivity contribution in [2.75, 3.05) is 0 Å². The average molecular weight is 190 g/mol. The number of aliphatic hydroxyl groups is 1. The largest absolute Gasteiger partial charge is 0.388 e. The van der Waals surface area contributed by atoms with E-state index >= 15 is 0 Å². The van der Waals surface area contributed by atoms with Gasteiger partial charge in [0.15, 0.2) is 0 Å². The molecule has 76 valence electrons. The predicted octanol–water partition coefficient (Wildman–Crippen LogP) is 2.94. The maximum absolute atomic E-state index is 10.2. The van der Waals surface area contributed by atoms with E-state index in [0.29, 0.717) is 5.92 Å². The minimum absolute atomic E-state index is 0.179. The van der Waals surface area contributed by atoms with E-state index in [1.165, 1.54) is 5.56 Å². The molecule has 14 heavy (non-hydrogen) atoms. The summed E-state index contributed by atoms with van der Waals surface area (Å²) < 4.78 is 0. The van der Waals surface area contributed by atoms with Gasteiger partial charge in [-0.2, -0.15) is 0 Å². The monoisotopic (exact) mass is 190 g/mol. The van der Waals surface area contributed by atoms with E-state index in [9.17, 15) is 5.11 Å². The van der Waals surface area contributed by atoms with Crippen molar-refractivity contribution in [2.24, 2.45) is 11.3 Å². The number of benzene rings is 1. The predicted molar refractivity (Wildman–Crippen MR) is 58.1 cm³/mol. The summed E-state index contributed by atoms with van der Waals surface area (Å²) in [6, 6.07) is 8.24. The summed E-state index contributed by atoms with van der Waals surface area (Å²) in [4.78, 5) is 0. The zero-order chi connectivity index (χ0) is 10.3. The Labute approximate surface area is 85.8 Å². The van der Waals surface area contributed by atoms with Crippen LogP contribution < -0.4 is 0 Å². The molecule has 1 aliphatic rings. The highest BCUT2D eigenvalue weighted by Crippen LogP contribution is 2.45. The summed E-state index contributed by atoms with van der Waals surface area (Å²) in [5.41, 5.74) is 2.63. The van der Waals surface area contributed by atoms with Gasteiger partial charge in [0.2, 0.25) is 0 Å². The highest BCUT2D eigenvalue weighted by molar-refractivity contribution is 5.35. The second-order valence-electron chi connectivity index (χ2n) is 5.32. The molecular formula is C13H18O. The molecule has 0 unspecified atom stereocenters. The maximum atomic E-state index is 10.2. The van der Waals surface area contributed by atoms with Crippen LogP contribution in [0.5, 0.6) is 0 Å². The normalized spacial score (nSPS) is 26.3. The quantitative estimate of drug-likeness (QED) is 0.667. The molecule has 0 saturated heterocycles. The lowest BCUT2D eigenvalue weighted by Gasteiger charge is -2.29. The molecular weight excluding hydrogens is 172 g/mol. The van der Waals surface area contributed by atoms with Crippen molar-refractivity contribution in [2.45, 2.75) is 33.3 Å². The van der Waals surface area contributed by atoms with Crippen LogP contribution in [0.4, 0.5) is 0 Å². The van der Waals surface area contributed by atoms with Gasteiger partial charge in [0.25, 0.3) is 0 Å². The zero-order valence-electron chi connectivity index (χ0n) is 9.12. The Kier molecular flexibility index (Phi) is 2.15. The molecule has 1 nitrogen and oxygen atoms in total. The summed E-state index contributed by atoms with van der Waals surface area (Å²) in [6.45, 7) is 6.60. The van der Waals surface area contributed by atoms with Crippen molar-refractivity contribution >= 4 is 0 Å². The van der Waals surface area contributed by atoms with Crippen molar-refractivity contribution in [3.63, 3.8) is 0 Å². The Balaban J connectivity index is 2.35. The van der Waals surface area contributed by atoms with E-state index in [-0.39, 0.29) is 11.5 Å². The molecule has 0 aromatic heterocycles. The van der Waals surface area contributed by atoms with Crippen LogP contribution in [0.1, 0.15) is 38.0 Å². The minimum atomic E-state index is -0.272. The average Bonchev–Trinajstić information content (AvgIpc) is 2.44. The Morgan fingerprint density at radius 2 is 1.86 bits per heavy atom. The Hall–Kier alpha value is -0.820. The summed E-state index contributed by atoms with van der Waals surface area (Å²) in [6.07, 6.45) is 0.743. The molecule has 1 N–H and O–H groups in total. The van der Waals surface area contributed by atoms with E-state index in [2.05, 4.69) is 32.9 Å². The van der Waals surface area contributed by atoms with Crippen molar-refractivity contribution in [3.05, 3.63) is 35.4 Å². The van der Waals surface area contributed by atoms with Crippen molar-refractivity contribution in [3.8, 4) is 0 Å². The first kappa shape index (κ1) is 9.72. The Morgan fingerprint density at radius 1 is 1.21 bits per heavy atom. The highest BCUT2D eigenvalue weighted by Gasteiger charge is 2.37. The molecule has 0 radical (unpaired) electrons. The lowest BCUT2D eigenvalue weighted by atomic mass is 9.78. The van der Waals surface area contributed by atoms with E-state index in [0.717, 1.165) is 12.0 Å². The van der Waals surface area contributed by atoms with Crippen LogP contribution in [0.25, 0.3) is 0 Å². The van der Waals surface area contributed by atoms with Gasteiger partial charge in [-0.25, -0.2) is 0 Å². The fourth-order valence-electron chi connectivity index (χ4n) is 2.35. The summed E-state index contributed by atoms with van der Waals surface area (Å²) in [5, 5.41) is 10.2. The molecule has 1 aromatic carbocycles. The molecule has 0 fully saturated rings. The number of hydrogen-bond acceptors (Lipinski definition) is 1. The highest BCUT2D eigenvalue weighted by atomic mass is 16.3. The third-order valence-electron chi connectivity index (χ3n) is 3.31. The molecule has 0 aliphatic heterocycles. The van der Waals surface area contributed by atoms with Crippen LogP contribution in [-0.4, -0.2) is 5.11 Å². The molecule has 0 saturated carbocycles. The first-order valence-corrected chi connectivity index (χ1v) is 5.26. The van der Waals surface area contributed by atoms with Gasteiger partial charge in [0.1, 0.15) is 0 Å². The van der Waals surface area contributed by atoms with Crippen molar-refractivity contribution in [1.82, 2.24) is 0 Å². The van der Waals surface area contributed by atoms with Gasteiger partial charge in [-0.3, -0.25) is 0 Å². The topological polar surface area (TPSA) is 20.2 Å². The van der Waals surface area contributed by atoms with Gasteiger partial charge < -0.3 is 5.11 Å². The van der Waals surface area contributed by atoms with Crippen LogP contribution in [-0.2, 0) is 6.42 Å².